The maximum Gasteiger partial charge on any atom is 0.212 e. The zero-order valence-electron chi connectivity index (χ0n) is 18.5. The van der Waals surface area contributed by atoms with Crippen LogP contribution in [0, 0.1) is 11.3 Å². The van der Waals surface area contributed by atoms with Crippen LogP contribution < -0.4 is 4.74 Å². The Hall–Kier alpha value is -3.73. The van der Waals surface area contributed by atoms with Crippen molar-refractivity contribution in [3.8, 4) is 34.1 Å². The van der Waals surface area contributed by atoms with Gasteiger partial charge in [0.1, 0.15) is 22.5 Å². The van der Waals surface area contributed by atoms with E-state index in [1.165, 1.54) is 11.8 Å². The van der Waals surface area contributed by atoms with Crippen LogP contribution >= 0.6 is 27.7 Å². The molecule has 0 bridgehead atoms. The highest BCUT2D eigenvalue weighted by molar-refractivity contribution is 9.10. The number of fused-ring (bicyclic) bond motifs is 3. The Morgan fingerprint density at radius 2 is 1.69 bits per heavy atom. The topological polar surface area (TPSA) is 80.0 Å². The molecule has 0 spiro atoms. The molecular formula is C28H17BrN2O3S. The van der Waals surface area contributed by atoms with Crippen LogP contribution in [-0.4, -0.2) is 29.4 Å². The third-order valence-electron chi connectivity index (χ3n) is 5.82. The smallest absolute Gasteiger partial charge is 0.212 e. The lowest BCUT2D eigenvalue weighted by Gasteiger charge is -2.15. The molecule has 35 heavy (non-hydrogen) atoms. The lowest BCUT2D eigenvalue weighted by atomic mass is 9.93. The molecule has 1 aromatic heterocycles. The van der Waals surface area contributed by atoms with Crippen LogP contribution in [-0.2, 0) is 0 Å². The fraction of sp³-hybridized carbons (Fsp3) is 0.0714. The first-order valence-corrected chi connectivity index (χ1v) is 12.5. The van der Waals surface area contributed by atoms with E-state index in [0.717, 1.165) is 15.6 Å². The molecule has 1 aliphatic rings. The minimum absolute atomic E-state index is 0.0886. The quantitative estimate of drug-likeness (QED) is 0.179. The van der Waals surface area contributed by atoms with Crippen molar-refractivity contribution >= 4 is 39.3 Å². The molecule has 0 aliphatic heterocycles. The molecule has 0 unspecified atom stereocenters. The first-order chi connectivity index (χ1) is 17.0. The third kappa shape index (κ3) is 4.16. The summed E-state index contributed by atoms with van der Waals surface area (Å²) in [6.45, 7) is 0. The number of ether oxygens (including phenoxy) is 1. The van der Waals surface area contributed by atoms with Gasteiger partial charge in [-0.25, -0.2) is 4.98 Å². The lowest BCUT2D eigenvalue weighted by molar-refractivity contribution is 0.102. The van der Waals surface area contributed by atoms with Crippen molar-refractivity contribution in [2.24, 2.45) is 0 Å². The monoisotopic (exact) mass is 540 g/mol. The summed E-state index contributed by atoms with van der Waals surface area (Å²) in [6, 6.07) is 24.1. The number of methoxy groups -OCH3 is 1. The molecule has 1 heterocycles. The maximum atomic E-state index is 13.3. The molecule has 0 N–H and O–H groups in total. The number of hydrogen-bond acceptors (Lipinski definition) is 6. The highest BCUT2D eigenvalue weighted by atomic mass is 79.9. The molecule has 0 atom stereocenters. The molecule has 0 radical (unpaired) electrons. The van der Waals surface area contributed by atoms with Gasteiger partial charge in [-0.2, -0.15) is 5.26 Å². The molecule has 3 aromatic carbocycles. The number of pyridine rings is 1. The van der Waals surface area contributed by atoms with Crippen LogP contribution in [0.25, 0.3) is 22.3 Å². The number of ketones is 2. The molecule has 7 heteroatoms. The summed E-state index contributed by atoms with van der Waals surface area (Å²) in [5.41, 5.74) is 4.58. The second-order valence-corrected chi connectivity index (χ2v) is 9.70. The number of aromatic nitrogens is 1. The minimum atomic E-state index is -0.184. The number of carbonyl (C=O) groups is 2. The van der Waals surface area contributed by atoms with Crippen LogP contribution in [0.1, 0.15) is 32.0 Å². The van der Waals surface area contributed by atoms with Gasteiger partial charge in [-0.1, -0.05) is 76.2 Å². The van der Waals surface area contributed by atoms with E-state index >= 15 is 0 Å². The Morgan fingerprint density at radius 1 is 1.00 bits per heavy atom. The molecule has 0 saturated heterocycles. The fourth-order valence-corrected chi connectivity index (χ4v) is 5.27. The average Bonchev–Trinajstić information content (AvgIpc) is 3.18. The molecule has 0 amide bonds. The van der Waals surface area contributed by atoms with Gasteiger partial charge in [-0.05, 0) is 35.4 Å². The zero-order chi connectivity index (χ0) is 24.5. The van der Waals surface area contributed by atoms with E-state index in [-0.39, 0.29) is 17.3 Å². The van der Waals surface area contributed by atoms with Crippen molar-refractivity contribution in [1.82, 2.24) is 4.98 Å². The Bertz CT molecular complexity index is 1520. The van der Waals surface area contributed by atoms with Gasteiger partial charge < -0.3 is 4.74 Å². The number of nitrogens with zero attached hydrogens (tertiary/aromatic N) is 2. The maximum absolute atomic E-state index is 13.3. The van der Waals surface area contributed by atoms with Gasteiger partial charge >= 0.3 is 0 Å². The summed E-state index contributed by atoms with van der Waals surface area (Å²) < 4.78 is 6.17. The van der Waals surface area contributed by atoms with Gasteiger partial charge in [0.25, 0.3) is 0 Å². The Labute approximate surface area is 214 Å². The van der Waals surface area contributed by atoms with Crippen LogP contribution in [0.5, 0.6) is 5.75 Å². The van der Waals surface area contributed by atoms with Gasteiger partial charge in [0.2, 0.25) is 5.78 Å². The molecule has 0 fully saturated rings. The van der Waals surface area contributed by atoms with E-state index in [1.807, 2.05) is 54.6 Å². The first-order valence-electron chi connectivity index (χ1n) is 10.7. The van der Waals surface area contributed by atoms with Crippen LogP contribution in [0.2, 0.25) is 0 Å². The van der Waals surface area contributed by atoms with Crippen molar-refractivity contribution in [3.05, 3.63) is 99.7 Å². The van der Waals surface area contributed by atoms with E-state index in [1.54, 1.807) is 25.3 Å². The largest absolute Gasteiger partial charge is 0.497 e. The van der Waals surface area contributed by atoms with Crippen molar-refractivity contribution in [2.45, 2.75) is 5.03 Å². The first kappa shape index (κ1) is 23.0. The van der Waals surface area contributed by atoms with Crippen molar-refractivity contribution in [1.29, 1.82) is 5.26 Å². The van der Waals surface area contributed by atoms with E-state index in [9.17, 15) is 14.9 Å². The van der Waals surface area contributed by atoms with Gasteiger partial charge in [0.05, 0.1) is 18.4 Å². The van der Waals surface area contributed by atoms with E-state index in [0.29, 0.717) is 44.3 Å². The van der Waals surface area contributed by atoms with Crippen LogP contribution in [0.3, 0.4) is 0 Å². The number of benzene rings is 3. The standard InChI is InChI=1S/C28H17BrN2O3S/c1-34-19-12-8-17(9-13-19)24-22(14-30)28(35-15-23(32)16-6-10-18(29)11-7-16)31-26-25(24)20-4-2-3-5-21(20)27(26)33/h2-13H,15H2,1H3. The predicted molar refractivity (Wildman–Crippen MR) is 139 cm³/mol. The van der Waals surface area contributed by atoms with Gasteiger partial charge in [0.15, 0.2) is 5.78 Å². The molecular weight excluding hydrogens is 524 g/mol. The number of hydrogen-bond donors (Lipinski definition) is 0. The molecule has 1 aliphatic carbocycles. The van der Waals surface area contributed by atoms with Crippen LogP contribution in [0.15, 0.2) is 82.3 Å². The summed E-state index contributed by atoms with van der Waals surface area (Å²) in [5.74, 6) is 0.500. The van der Waals surface area contributed by atoms with Crippen LogP contribution in [0.4, 0.5) is 0 Å². The minimum Gasteiger partial charge on any atom is -0.497 e. The summed E-state index contributed by atoms with van der Waals surface area (Å²) in [6.07, 6.45) is 0. The highest BCUT2D eigenvalue weighted by Crippen LogP contribution is 2.46. The number of rotatable bonds is 6. The zero-order valence-corrected chi connectivity index (χ0v) is 20.9. The summed E-state index contributed by atoms with van der Waals surface area (Å²) >= 11 is 4.54. The predicted octanol–water partition coefficient (Wildman–Crippen LogP) is 6.58. The second kappa shape index (κ2) is 9.49. The van der Waals surface area contributed by atoms with E-state index in [4.69, 9.17) is 4.74 Å². The number of thioether (sulfide) groups is 1. The number of carbonyl (C=O) groups excluding carboxylic acids is 2. The van der Waals surface area contributed by atoms with Crippen molar-refractivity contribution in [2.75, 3.05) is 12.9 Å². The lowest BCUT2D eigenvalue weighted by Crippen LogP contribution is -2.06. The SMILES string of the molecule is COc1ccc(-c2c(C#N)c(SCC(=O)c3ccc(Br)cc3)nc3c2-c2ccccc2C3=O)cc1. The van der Waals surface area contributed by atoms with Gasteiger partial charge in [0, 0.05) is 26.7 Å². The molecule has 5 nitrogen and oxygen atoms in total. The molecule has 5 rings (SSSR count). The molecule has 170 valence electrons. The van der Waals surface area contributed by atoms with Gasteiger partial charge in [-0.15, -0.1) is 0 Å². The highest BCUT2D eigenvalue weighted by Gasteiger charge is 2.34. The van der Waals surface area contributed by atoms with E-state index in [2.05, 4.69) is 27.0 Å². The number of nitriles is 1. The van der Waals surface area contributed by atoms with Crippen molar-refractivity contribution < 1.29 is 14.3 Å². The molecule has 0 saturated carbocycles. The second-order valence-electron chi connectivity index (χ2n) is 7.82. The number of halogens is 1. The summed E-state index contributed by atoms with van der Waals surface area (Å²) in [5, 5.41) is 10.6. The Balaban J connectivity index is 1.64. The van der Waals surface area contributed by atoms with Gasteiger partial charge in [-0.3, -0.25) is 9.59 Å². The third-order valence-corrected chi connectivity index (χ3v) is 7.32. The number of Topliss-reactive ketones (excluding diaryl/α,β-unsaturated/α-hetero) is 1. The molecule has 4 aromatic rings. The fourth-order valence-electron chi connectivity index (χ4n) is 4.12. The Morgan fingerprint density at radius 3 is 2.34 bits per heavy atom. The summed E-state index contributed by atoms with van der Waals surface area (Å²) in [7, 11) is 1.59. The van der Waals surface area contributed by atoms with Crippen molar-refractivity contribution in [3.63, 3.8) is 0 Å². The average molecular weight is 541 g/mol. The summed E-state index contributed by atoms with van der Waals surface area (Å²) in [4.78, 5) is 30.7. The van der Waals surface area contributed by atoms with E-state index < -0.39 is 0 Å². The normalized spacial score (nSPS) is 11.5. The Kier molecular flexibility index (Phi) is 6.25.